The second-order valence-electron chi connectivity index (χ2n) is 9.98. The number of carboxylic acids is 1. The van der Waals surface area contributed by atoms with Crippen molar-refractivity contribution >= 4 is 18.0 Å². The number of aliphatic carboxylic acids is 1. The molecule has 0 saturated heterocycles. The van der Waals surface area contributed by atoms with Crippen LogP contribution in [0.2, 0.25) is 0 Å². The Morgan fingerprint density at radius 1 is 1.00 bits per heavy atom. The van der Waals surface area contributed by atoms with Crippen LogP contribution in [0.25, 0.3) is 11.1 Å². The van der Waals surface area contributed by atoms with E-state index >= 15 is 0 Å². The maximum Gasteiger partial charge on any atom is 0.407 e. The fraction of sp³-hybridized carbons (Fsp3) is 0.423. The number of nitrogens with one attached hydrogen (secondary N) is 2. The molecular formula is C26H30N2O5. The van der Waals surface area contributed by atoms with Gasteiger partial charge in [0.1, 0.15) is 12.6 Å². The number of alkyl carbamates (subject to hydrolysis) is 1. The van der Waals surface area contributed by atoms with Gasteiger partial charge in [0.2, 0.25) is 5.91 Å². The normalized spacial score (nSPS) is 20.1. The number of carbonyl (C=O) groups excluding carboxylic acids is 2. The summed E-state index contributed by atoms with van der Waals surface area (Å²) in [4.78, 5) is 36.3. The Hall–Kier alpha value is -3.35. The van der Waals surface area contributed by atoms with Crippen molar-refractivity contribution < 1.29 is 24.2 Å². The lowest BCUT2D eigenvalue weighted by Crippen LogP contribution is -2.55. The maximum absolute atomic E-state index is 12.4. The summed E-state index contributed by atoms with van der Waals surface area (Å²) >= 11 is 0. The number of fused-ring (bicyclic) bond motifs is 3. The number of benzene rings is 2. The third-order valence-corrected chi connectivity index (χ3v) is 6.57. The van der Waals surface area contributed by atoms with Crippen LogP contribution in [0.1, 0.15) is 50.7 Å². The second-order valence-corrected chi connectivity index (χ2v) is 9.98. The lowest BCUT2D eigenvalue weighted by Gasteiger charge is -2.36. The van der Waals surface area contributed by atoms with E-state index in [9.17, 15) is 19.5 Å². The van der Waals surface area contributed by atoms with E-state index in [1.54, 1.807) is 20.8 Å². The fourth-order valence-electron chi connectivity index (χ4n) is 4.67. The zero-order valence-corrected chi connectivity index (χ0v) is 19.1. The summed E-state index contributed by atoms with van der Waals surface area (Å²) in [5, 5.41) is 14.8. The molecule has 33 heavy (non-hydrogen) atoms. The molecule has 0 aromatic heterocycles. The summed E-state index contributed by atoms with van der Waals surface area (Å²) in [5.74, 6) is -1.66. The zero-order chi connectivity index (χ0) is 23.8. The van der Waals surface area contributed by atoms with Gasteiger partial charge in [-0.1, -0.05) is 69.3 Å². The van der Waals surface area contributed by atoms with E-state index in [0.29, 0.717) is 12.8 Å². The van der Waals surface area contributed by atoms with Gasteiger partial charge in [-0.2, -0.15) is 0 Å². The van der Waals surface area contributed by atoms with E-state index in [4.69, 9.17) is 4.74 Å². The van der Waals surface area contributed by atoms with E-state index in [0.717, 1.165) is 11.1 Å². The summed E-state index contributed by atoms with van der Waals surface area (Å²) in [6.45, 7) is 5.55. The molecule has 0 unspecified atom stereocenters. The van der Waals surface area contributed by atoms with Gasteiger partial charge in [0.25, 0.3) is 0 Å². The first-order chi connectivity index (χ1) is 15.6. The molecule has 2 aromatic rings. The molecule has 1 atom stereocenters. The lowest BCUT2D eigenvalue weighted by molar-refractivity contribution is -0.146. The molecule has 2 aliphatic rings. The summed E-state index contributed by atoms with van der Waals surface area (Å²) in [6, 6.07) is 15.2. The Balaban J connectivity index is 1.27. The molecule has 174 valence electrons. The number of rotatable bonds is 6. The van der Waals surface area contributed by atoms with Gasteiger partial charge in [0, 0.05) is 17.9 Å². The average molecular weight is 451 g/mol. The number of hydrogen-bond donors (Lipinski definition) is 3. The van der Waals surface area contributed by atoms with Gasteiger partial charge in [-0.15, -0.1) is 0 Å². The van der Waals surface area contributed by atoms with E-state index < -0.39 is 23.5 Å². The number of amides is 2. The summed E-state index contributed by atoms with van der Waals surface area (Å²) < 4.78 is 5.55. The minimum Gasteiger partial charge on any atom is -0.480 e. The van der Waals surface area contributed by atoms with Crippen molar-refractivity contribution in [1.82, 2.24) is 10.6 Å². The van der Waals surface area contributed by atoms with Crippen molar-refractivity contribution in [3.63, 3.8) is 0 Å². The summed E-state index contributed by atoms with van der Waals surface area (Å²) in [5.41, 5.74) is 4.05. The van der Waals surface area contributed by atoms with Crippen molar-refractivity contribution in [2.24, 2.45) is 11.3 Å². The SMILES string of the molecule is CC(C)(C)[C@H](NC(=O)C1CC(NC(=O)OCC2c3ccccc3-c3ccccc32)C1)C(=O)O. The maximum atomic E-state index is 12.4. The Labute approximate surface area is 193 Å². The van der Waals surface area contributed by atoms with Crippen LogP contribution in [-0.2, 0) is 14.3 Å². The van der Waals surface area contributed by atoms with Crippen molar-refractivity contribution in [3.05, 3.63) is 59.7 Å². The minimum atomic E-state index is -1.05. The highest BCUT2D eigenvalue weighted by Crippen LogP contribution is 2.44. The van der Waals surface area contributed by atoms with E-state index in [1.807, 2.05) is 24.3 Å². The van der Waals surface area contributed by atoms with Crippen LogP contribution < -0.4 is 10.6 Å². The van der Waals surface area contributed by atoms with Crippen LogP contribution >= 0.6 is 0 Å². The third-order valence-electron chi connectivity index (χ3n) is 6.57. The van der Waals surface area contributed by atoms with Gasteiger partial charge in [-0.3, -0.25) is 4.79 Å². The van der Waals surface area contributed by atoms with Crippen LogP contribution in [0.4, 0.5) is 4.79 Å². The Kier molecular flexibility index (Phi) is 6.15. The Morgan fingerprint density at radius 2 is 1.55 bits per heavy atom. The van der Waals surface area contributed by atoms with Crippen molar-refractivity contribution in [2.45, 2.75) is 51.6 Å². The van der Waals surface area contributed by atoms with Crippen molar-refractivity contribution in [2.75, 3.05) is 6.61 Å². The average Bonchev–Trinajstić information content (AvgIpc) is 3.05. The van der Waals surface area contributed by atoms with Gasteiger partial charge in [-0.25, -0.2) is 9.59 Å². The molecule has 7 heteroatoms. The highest BCUT2D eigenvalue weighted by molar-refractivity contribution is 5.86. The second kappa shape index (κ2) is 8.89. The van der Waals surface area contributed by atoms with Gasteiger partial charge in [0.05, 0.1) is 0 Å². The molecule has 7 nitrogen and oxygen atoms in total. The standard InChI is InChI=1S/C26H30N2O5/c1-26(2,3)22(24(30)31)28-23(29)15-12-16(13-15)27-25(32)33-14-21-19-10-6-4-8-17(19)18-9-5-7-11-20(18)21/h4-11,15-16,21-22H,12-14H2,1-3H3,(H,27,32)(H,28,29)(H,30,31)/t15?,16?,22-/m1/s1. The smallest absolute Gasteiger partial charge is 0.407 e. The zero-order valence-electron chi connectivity index (χ0n) is 19.1. The lowest BCUT2D eigenvalue weighted by atomic mass is 9.78. The first kappa shape index (κ1) is 22.8. The molecule has 0 aliphatic heterocycles. The third kappa shape index (κ3) is 4.72. The van der Waals surface area contributed by atoms with Crippen molar-refractivity contribution in [3.8, 4) is 11.1 Å². The quantitative estimate of drug-likeness (QED) is 0.619. The first-order valence-electron chi connectivity index (χ1n) is 11.3. The monoisotopic (exact) mass is 450 g/mol. The molecule has 0 spiro atoms. The first-order valence-corrected chi connectivity index (χ1v) is 11.3. The molecule has 0 radical (unpaired) electrons. The fourth-order valence-corrected chi connectivity index (χ4v) is 4.67. The van der Waals surface area contributed by atoms with Crippen LogP contribution in [0.15, 0.2) is 48.5 Å². The predicted octanol–water partition coefficient (Wildman–Crippen LogP) is 3.92. The van der Waals surface area contributed by atoms with Crippen LogP contribution in [0, 0.1) is 11.3 Å². The Bertz CT molecular complexity index is 1020. The molecule has 2 amide bonds. The molecule has 0 heterocycles. The summed E-state index contributed by atoms with van der Waals surface area (Å²) in [7, 11) is 0. The van der Waals surface area contributed by atoms with Gasteiger partial charge in [-0.05, 0) is 40.5 Å². The molecular weight excluding hydrogens is 420 g/mol. The van der Waals surface area contributed by atoms with Gasteiger partial charge < -0.3 is 20.5 Å². The van der Waals surface area contributed by atoms with E-state index in [-0.39, 0.29) is 30.4 Å². The predicted molar refractivity (Wildman–Crippen MR) is 124 cm³/mol. The largest absolute Gasteiger partial charge is 0.480 e. The van der Waals surface area contributed by atoms with Gasteiger partial charge in [0.15, 0.2) is 0 Å². The molecule has 4 rings (SSSR count). The highest BCUT2D eigenvalue weighted by Gasteiger charge is 2.40. The van der Waals surface area contributed by atoms with Crippen LogP contribution in [0.5, 0.6) is 0 Å². The van der Waals surface area contributed by atoms with Crippen LogP contribution in [0.3, 0.4) is 0 Å². The molecule has 1 fully saturated rings. The molecule has 2 aromatic carbocycles. The summed E-state index contributed by atoms with van der Waals surface area (Å²) in [6.07, 6.45) is 0.428. The Morgan fingerprint density at radius 3 is 2.06 bits per heavy atom. The van der Waals surface area contributed by atoms with Gasteiger partial charge >= 0.3 is 12.1 Å². The molecule has 0 bridgehead atoms. The number of ether oxygens (including phenoxy) is 1. The van der Waals surface area contributed by atoms with Crippen LogP contribution in [-0.4, -0.2) is 41.8 Å². The van der Waals surface area contributed by atoms with E-state index in [2.05, 4.69) is 34.9 Å². The highest BCUT2D eigenvalue weighted by atomic mass is 16.5. The molecule has 1 saturated carbocycles. The topological polar surface area (TPSA) is 105 Å². The number of carboxylic acid groups (broad SMARTS) is 1. The molecule has 2 aliphatic carbocycles. The minimum absolute atomic E-state index is 0.00610. The number of hydrogen-bond acceptors (Lipinski definition) is 4. The van der Waals surface area contributed by atoms with E-state index in [1.165, 1.54) is 11.1 Å². The molecule has 3 N–H and O–H groups in total. The number of carbonyl (C=O) groups is 3. The van der Waals surface area contributed by atoms with Crippen molar-refractivity contribution in [1.29, 1.82) is 0 Å².